The highest BCUT2D eigenvalue weighted by molar-refractivity contribution is 5.76. The smallest absolute Gasteiger partial charge is 0.410 e. The van der Waals surface area contributed by atoms with Gasteiger partial charge in [-0.3, -0.25) is 4.79 Å². The van der Waals surface area contributed by atoms with Gasteiger partial charge in [-0.2, -0.15) is 0 Å². The van der Waals surface area contributed by atoms with Crippen molar-refractivity contribution in [2.45, 2.75) is 38.8 Å². The number of likely N-dealkylation sites (tertiary alicyclic amines) is 1. The number of carboxylic acids is 1. The Labute approximate surface area is 124 Å². The molecule has 0 radical (unpaired) electrons. The summed E-state index contributed by atoms with van der Waals surface area (Å²) in [6.45, 7) is 5.79. The number of benzene rings is 1. The molecule has 21 heavy (non-hydrogen) atoms. The second-order valence-corrected chi connectivity index (χ2v) is 6.26. The van der Waals surface area contributed by atoms with Crippen LogP contribution in [0.1, 0.15) is 38.8 Å². The summed E-state index contributed by atoms with van der Waals surface area (Å²) >= 11 is 0. The van der Waals surface area contributed by atoms with Gasteiger partial charge in [0.05, 0.1) is 12.0 Å². The van der Waals surface area contributed by atoms with Gasteiger partial charge in [0, 0.05) is 6.54 Å². The van der Waals surface area contributed by atoms with E-state index in [0.29, 0.717) is 13.0 Å². The first kappa shape index (κ1) is 15.4. The molecule has 5 heteroatoms. The maximum atomic E-state index is 12.3. The summed E-state index contributed by atoms with van der Waals surface area (Å²) in [6.07, 6.45) is -0.0196. The first-order valence-electron chi connectivity index (χ1n) is 7.07. The van der Waals surface area contributed by atoms with E-state index in [0.717, 1.165) is 5.56 Å². The molecule has 1 N–H and O–H groups in total. The summed E-state index contributed by atoms with van der Waals surface area (Å²) in [5, 5.41) is 9.40. The molecule has 0 aliphatic carbocycles. The summed E-state index contributed by atoms with van der Waals surface area (Å²) < 4.78 is 5.40. The fourth-order valence-corrected chi connectivity index (χ4v) is 2.64. The van der Waals surface area contributed by atoms with Crippen molar-refractivity contribution in [1.82, 2.24) is 4.90 Å². The lowest BCUT2D eigenvalue weighted by Gasteiger charge is -2.30. The van der Waals surface area contributed by atoms with Crippen LogP contribution in [0.5, 0.6) is 0 Å². The van der Waals surface area contributed by atoms with Crippen LogP contribution >= 0.6 is 0 Å². The highest BCUT2D eigenvalue weighted by atomic mass is 16.6. The zero-order valence-corrected chi connectivity index (χ0v) is 12.6. The molecule has 1 heterocycles. The van der Waals surface area contributed by atoms with E-state index < -0.39 is 29.6 Å². The van der Waals surface area contributed by atoms with Crippen LogP contribution in [-0.4, -0.2) is 34.2 Å². The minimum atomic E-state index is -0.880. The molecule has 1 saturated heterocycles. The van der Waals surface area contributed by atoms with Gasteiger partial charge in [0.2, 0.25) is 0 Å². The van der Waals surface area contributed by atoms with Gasteiger partial charge in [0.25, 0.3) is 0 Å². The monoisotopic (exact) mass is 291 g/mol. The number of hydrogen-bond donors (Lipinski definition) is 1. The lowest BCUT2D eigenvalue weighted by molar-refractivity contribution is -0.142. The van der Waals surface area contributed by atoms with E-state index >= 15 is 0 Å². The number of carbonyl (C=O) groups is 2. The Morgan fingerprint density at radius 3 is 2.38 bits per heavy atom. The van der Waals surface area contributed by atoms with Crippen LogP contribution in [0.15, 0.2) is 30.3 Å². The quantitative estimate of drug-likeness (QED) is 0.909. The Hall–Kier alpha value is -2.04. The molecule has 0 aromatic heterocycles. The van der Waals surface area contributed by atoms with Crippen molar-refractivity contribution >= 4 is 12.1 Å². The third kappa shape index (κ3) is 3.54. The van der Waals surface area contributed by atoms with E-state index in [9.17, 15) is 14.7 Å². The van der Waals surface area contributed by atoms with Crippen molar-refractivity contribution in [3.8, 4) is 0 Å². The summed E-state index contributed by atoms with van der Waals surface area (Å²) in [5.41, 5.74) is 0.230. The normalized spacial score (nSPS) is 22.1. The SMILES string of the molecule is CC(C)(C)OC(=O)N1CC[C@H](C(=O)O)[C@@H]1c1ccccc1. The second kappa shape index (κ2) is 5.76. The number of carbonyl (C=O) groups excluding carboxylic acids is 1. The maximum Gasteiger partial charge on any atom is 0.410 e. The fraction of sp³-hybridized carbons (Fsp3) is 0.500. The van der Waals surface area contributed by atoms with Crippen LogP contribution in [0.2, 0.25) is 0 Å². The van der Waals surface area contributed by atoms with Gasteiger partial charge in [-0.25, -0.2) is 4.79 Å². The van der Waals surface area contributed by atoms with Crippen molar-refractivity contribution in [1.29, 1.82) is 0 Å². The zero-order valence-electron chi connectivity index (χ0n) is 12.6. The minimum Gasteiger partial charge on any atom is -0.481 e. The molecule has 1 aromatic rings. The lowest BCUT2D eigenvalue weighted by atomic mass is 9.94. The van der Waals surface area contributed by atoms with Crippen LogP contribution in [-0.2, 0) is 9.53 Å². The van der Waals surface area contributed by atoms with Crippen LogP contribution in [0.3, 0.4) is 0 Å². The Morgan fingerprint density at radius 1 is 1.24 bits per heavy atom. The molecule has 0 saturated carbocycles. The molecular weight excluding hydrogens is 270 g/mol. The number of aliphatic carboxylic acids is 1. The number of amides is 1. The third-order valence-corrected chi connectivity index (χ3v) is 3.48. The largest absolute Gasteiger partial charge is 0.481 e. The number of carboxylic acid groups (broad SMARTS) is 1. The Morgan fingerprint density at radius 2 is 1.86 bits per heavy atom. The van der Waals surface area contributed by atoms with Crippen molar-refractivity contribution in [2.75, 3.05) is 6.54 Å². The topological polar surface area (TPSA) is 66.8 Å². The predicted octanol–water partition coefficient (Wildman–Crippen LogP) is 3.07. The van der Waals surface area contributed by atoms with E-state index in [1.54, 1.807) is 20.8 Å². The second-order valence-electron chi connectivity index (χ2n) is 6.26. The van der Waals surface area contributed by atoms with Gasteiger partial charge >= 0.3 is 12.1 Å². The number of hydrogen-bond acceptors (Lipinski definition) is 3. The van der Waals surface area contributed by atoms with E-state index in [-0.39, 0.29) is 0 Å². The number of rotatable bonds is 2. The van der Waals surface area contributed by atoms with Gasteiger partial charge in [0.15, 0.2) is 0 Å². The number of nitrogens with zero attached hydrogens (tertiary/aromatic N) is 1. The van der Waals surface area contributed by atoms with Gasteiger partial charge in [0.1, 0.15) is 5.60 Å². The molecular formula is C16H21NO4. The molecule has 1 fully saturated rings. The standard InChI is InChI=1S/C16H21NO4/c1-16(2,3)21-15(20)17-10-9-12(14(18)19)13(17)11-7-5-4-6-8-11/h4-8,12-13H,9-10H2,1-3H3,(H,18,19)/t12-,13-/m0/s1. The van der Waals surface area contributed by atoms with Crippen molar-refractivity contribution in [2.24, 2.45) is 5.92 Å². The first-order chi connectivity index (χ1) is 9.79. The Bertz CT molecular complexity index is 521. The first-order valence-corrected chi connectivity index (χ1v) is 7.07. The molecule has 5 nitrogen and oxygen atoms in total. The zero-order chi connectivity index (χ0) is 15.6. The average Bonchev–Trinajstić information content (AvgIpc) is 2.82. The molecule has 2 atom stereocenters. The van der Waals surface area contributed by atoms with Gasteiger partial charge in [-0.1, -0.05) is 30.3 Å². The summed E-state index contributed by atoms with van der Waals surface area (Å²) in [7, 11) is 0. The highest BCUT2D eigenvalue weighted by Gasteiger charge is 2.43. The lowest BCUT2D eigenvalue weighted by Crippen LogP contribution is -2.38. The molecule has 1 amide bonds. The molecule has 0 spiro atoms. The van der Waals surface area contributed by atoms with Crippen molar-refractivity contribution in [3.05, 3.63) is 35.9 Å². The maximum absolute atomic E-state index is 12.3. The van der Waals surface area contributed by atoms with Gasteiger partial charge in [-0.05, 0) is 32.8 Å². The minimum absolute atomic E-state index is 0.394. The molecule has 1 aliphatic rings. The number of ether oxygens (including phenoxy) is 1. The van der Waals surface area contributed by atoms with Crippen molar-refractivity contribution < 1.29 is 19.4 Å². The van der Waals surface area contributed by atoms with E-state index in [1.807, 2.05) is 30.3 Å². The average molecular weight is 291 g/mol. The van der Waals surface area contributed by atoms with Crippen molar-refractivity contribution in [3.63, 3.8) is 0 Å². The molecule has 114 valence electrons. The molecule has 1 aliphatic heterocycles. The van der Waals surface area contributed by atoms with Gasteiger partial charge in [-0.15, -0.1) is 0 Å². The Balaban J connectivity index is 2.28. The van der Waals surface area contributed by atoms with Crippen LogP contribution in [0, 0.1) is 5.92 Å². The summed E-state index contributed by atoms with van der Waals surface area (Å²) in [4.78, 5) is 25.3. The van der Waals surface area contributed by atoms with E-state index in [1.165, 1.54) is 4.90 Å². The van der Waals surface area contributed by atoms with Crippen LogP contribution in [0.4, 0.5) is 4.79 Å². The van der Waals surface area contributed by atoms with Crippen LogP contribution < -0.4 is 0 Å². The van der Waals surface area contributed by atoms with E-state index in [2.05, 4.69) is 0 Å². The third-order valence-electron chi connectivity index (χ3n) is 3.48. The summed E-state index contributed by atoms with van der Waals surface area (Å²) in [5.74, 6) is -1.48. The van der Waals surface area contributed by atoms with Crippen LogP contribution in [0.25, 0.3) is 0 Å². The Kier molecular flexibility index (Phi) is 4.21. The summed E-state index contributed by atoms with van der Waals surface area (Å²) in [6, 6.07) is 8.79. The molecule has 1 aromatic carbocycles. The predicted molar refractivity (Wildman–Crippen MR) is 77.9 cm³/mol. The van der Waals surface area contributed by atoms with E-state index in [4.69, 9.17) is 4.74 Å². The van der Waals surface area contributed by atoms with Gasteiger partial charge < -0.3 is 14.7 Å². The fourth-order valence-electron chi connectivity index (χ4n) is 2.64. The molecule has 2 rings (SSSR count). The molecule has 0 unspecified atom stereocenters. The molecule has 0 bridgehead atoms. The highest BCUT2D eigenvalue weighted by Crippen LogP contribution is 2.38.